The molecular formula is C13H24O3. The molecule has 1 atom stereocenters. The lowest BCUT2D eigenvalue weighted by Gasteiger charge is -2.15. The van der Waals surface area contributed by atoms with E-state index in [1.54, 1.807) is 0 Å². The molecule has 0 amide bonds. The lowest BCUT2D eigenvalue weighted by Crippen LogP contribution is -2.19. The highest BCUT2D eigenvalue weighted by molar-refractivity contribution is 5.76. The van der Waals surface area contributed by atoms with Gasteiger partial charge in [-0.2, -0.15) is 0 Å². The van der Waals surface area contributed by atoms with Gasteiger partial charge >= 0.3 is 5.97 Å². The first kappa shape index (κ1) is 15.1. The highest BCUT2D eigenvalue weighted by Gasteiger charge is 2.13. The van der Waals surface area contributed by atoms with E-state index in [9.17, 15) is 9.59 Å². The normalized spacial score (nSPS) is 12.2. The van der Waals surface area contributed by atoms with Crippen LogP contribution >= 0.6 is 0 Å². The van der Waals surface area contributed by atoms with Crippen LogP contribution in [0.3, 0.4) is 0 Å². The second kappa shape index (κ2) is 9.37. The Morgan fingerprint density at radius 1 is 1.06 bits per heavy atom. The Morgan fingerprint density at radius 2 is 1.69 bits per heavy atom. The highest BCUT2D eigenvalue weighted by Crippen LogP contribution is 2.12. The number of esters is 1. The van der Waals surface area contributed by atoms with Crippen molar-refractivity contribution in [3.8, 4) is 0 Å². The van der Waals surface area contributed by atoms with Crippen molar-refractivity contribution in [2.24, 2.45) is 0 Å². The third-order valence-electron chi connectivity index (χ3n) is 2.48. The summed E-state index contributed by atoms with van der Waals surface area (Å²) in [5.74, 6) is -0.209. The quantitative estimate of drug-likeness (QED) is 0.449. The van der Waals surface area contributed by atoms with E-state index in [0.717, 1.165) is 19.3 Å². The Labute approximate surface area is 98.6 Å². The van der Waals surface area contributed by atoms with Gasteiger partial charge in [0.2, 0.25) is 0 Å². The van der Waals surface area contributed by atoms with Gasteiger partial charge in [-0.1, -0.05) is 32.6 Å². The van der Waals surface area contributed by atoms with Gasteiger partial charge in [0.05, 0.1) is 0 Å². The second-order valence-electron chi connectivity index (χ2n) is 4.34. The van der Waals surface area contributed by atoms with Crippen LogP contribution in [0.1, 0.15) is 65.7 Å². The van der Waals surface area contributed by atoms with E-state index in [0.29, 0.717) is 6.42 Å². The summed E-state index contributed by atoms with van der Waals surface area (Å²) in [5.41, 5.74) is 0. The van der Waals surface area contributed by atoms with Gasteiger partial charge in [0.15, 0.2) is 0 Å². The van der Waals surface area contributed by atoms with Gasteiger partial charge in [-0.3, -0.25) is 9.59 Å². The van der Waals surface area contributed by atoms with Gasteiger partial charge in [-0.25, -0.2) is 0 Å². The van der Waals surface area contributed by atoms with Crippen LogP contribution in [-0.2, 0) is 14.3 Å². The molecular weight excluding hydrogens is 204 g/mol. The SMILES string of the molecule is CCCCCCCC(CC(C)=O)OC(C)=O. The molecule has 0 heterocycles. The van der Waals surface area contributed by atoms with E-state index in [4.69, 9.17) is 4.74 Å². The smallest absolute Gasteiger partial charge is 0.302 e. The topological polar surface area (TPSA) is 43.4 Å². The molecule has 0 rings (SSSR count). The molecule has 0 aliphatic carbocycles. The molecule has 0 aliphatic rings. The molecule has 0 N–H and O–H groups in total. The van der Waals surface area contributed by atoms with Crippen LogP contribution in [0.25, 0.3) is 0 Å². The summed E-state index contributed by atoms with van der Waals surface area (Å²) >= 11 is 0. The predicted octanol–water partition coefficient (Wildman–Crippen LogP) is 3.26. The summed E-state index contributed by atoms with van der Waals surface area (Å²) in [4.78, 5) is 21.8. The summed E-state index contributed by atoms with van der Waals surface area (Å²) < 4.78 is 5.11. The van der Waals surface area contributed by atoms with Crippen molar-refractivity contribution in [2.75, 3.05) is 0 Å². The zero-order valence-electron chi connectivity index (χ0n) is 10.8. The van der Waals surface area contributed by atoms with Crippen LogP contribution in [0.2, 0.25) is 0 Å². The molecule has 16 heavy (non-hydrogen) atoms. The Kier molecular flexibility index (Phi) is 8.87. The molecule has 94 valence electrons. The molecule has 0 aromatic heterocycles. The predicted molar refractivity (Wildman–Crippen MR) is 64.2 cm³/mol. The number of ether oxygens (including phenoxy) is 1. The van der Waals surface area contributed by atoms with Crippen LogP contribution in [0.15, 0.2) is 0 Å². The van der Waals surface area contributed by atoms with Crippen LogP contribution in [-0.4, -0.2) is 17.9 Å². The van der Waals surface area contributed by atoms with E-state index in [1.807, 2.05) is 0 Å². The molecule has 3 nitrogen and oxygen atoms in total. The molecule has 0 saturated heterocycles. The third-order valence-corrected chi connectivity index (χ3v) is 2.48. The highest BCUT2D eigenvalue weighted by atomic mass is 16.5. The van der Waals surface area contributed by atoms with Crippen molar-refractivity contribution >= 4 is 11.8 Å². The minimum Gasteiger partial charge on any atom is -0.462 e. The van der Waals surface area contributed by atoms with Crippen molar-refractivity contribution in [3.63, 3.8) is 0 Å². The molecule has 0 spiro atoms. The molecule has 0 radical (unpaired) electrons. The van der Waals surface area contributed by atoms with Gasteiger partial charge in [0.1, 0.15) is 11.9 Å². The fraction of sp³-hybridized carbons (Fsp3) is 0.846. The summed E-state index contributed by atoms with van der Waals surface area (Å²) in [6.45, 7) is 5.11. The van der Waals surface area contributed by atoms with E-state index < -0.39 is 0 Å². The molecule has 0 aliphatic heterocycles. The van der Waals surface area contributed by atoms with Gasteiger partial charge in [-0.15, -0.1) is 0 Å². The molecule has 0 fully saturated rings. The van der Waals surface area contributed by atoms with Crippen LogP contribution in [0.4, 0.5) is 0 Å². The summed E-state index contributed by atoms with van der Waals surface area (Å²) in [7, 11) is 0. The molecule has 0 aromatic rings. The summed E-state index contributed by atoms with van der Waals surface area (Å²) in [6, 6.07) is 0. The minimum absolute atomic E-state index is 0.0832. The molecule has 0 bridgehead atoms. The first-order valence-electron chi connectivity index (χ1n) is 6.23. The van der Waals surface area contributed by atoms with Crippen molar-refractivity contribution in [2.45, 2.75) is 71.8 Å². The maximum absolute atomic E-state index is 11.0. The molecule has 0 saturated carbocycles. The van der Waals surface area contributed by atoms with E-state index in [1.165, 1.54) is 33.1 Å². The van der Waals surface area contributed by atoms with E-state index in [-0.39, 0.29) is 17.9 Å². The van der Waals surface area contributed by atoms with Crippen molar-refractivity contribution in [3.05, 3.63) is 0 Å². The first-order chi connectivity index (χ1) is 7.56. The summed E-state index contributed by atoms with van der Waals surface area (Å²) in [6.07, 6.45) is 6.84. The van der Waals surface area contributed by atoms with Gasteiger partial charge in [0, 0.05) is 13.3 Å². The van der Waals surface area contributed by atoms with E-state index >= 15 is 0 Å². The zero-order chi connectivity index (χ0) is 12.4. The maximum Gasteiger partial charge on any atom is 0.302 e. The van der Waals surface area contributed by atoms with Crippen molar-refractivity contribution in [1.82, 2.24) is 0 Å². The largest absolute Gasteiger partial charge is 0.462 e. The van der Waals surface area contributed by atoms with Gasteiger partial charge in [-0.05, 0) is 19.8 Å². The number of carbonyl (C=O) groups is 2. The minimum atomic E-state index is -0.292. The molecule has 1 unspecified atom stereocenters. The number of rotatable bonds is 9. The average molecular weight is 228 g/mol. The van der Waals surface area contributed by atoms with Crippen LogP contribution in [0, 0.1) is 0 Å². The van der Waals surface area contributed by atoms with Crippen LogP contribution in [0.5, 0.6) is 0 Å². The maximum atomic E-state index is 11.0. The zero-order valence-corrected chi connectivity index (χ0v) is 10.8. The van der Waals surface area contributed by atoms with E-state index in [2.05, 4.69) is 6.92 Å². The average Bonchev–Trinajstić information content (AvgIpc) is 2.15. The Hall–Kier alpha value is -0.860. The van der Waals surface area contributed by atoms with Gasteiger partial charge in [0.25, 0.3) is 0 Å². The second-order valence-corrected chi connectivity index (χ2v) is 4.34. The standard InChI is InChI=1S/C13H24O3/c1-4-5-6-7-8-9-13(10-11(2)14)16-12(3)15/h13H,4-10H2,1-3H3. The Bertz CT molecular complexity index is 195. The number of Topliss-reactive ketones (excluding diaryl/α,β-unsaturated/α-hetero) is 1. The number of unbranched alkanes of at least 4 members (excludes halogenated alkanes) is 4. The van der Waals surface area contributed by atoms with Gasteiger partial charge < -0.3 is 4.74 Å². The number of hydrogen-bond donors (Lipinski definition) is 0. The number of carbonyl (C=O) groups excluding carboxylic acids is 2. The Morgan fingerprint density at radius 3 is 2.19 bits per heavy atom. The summed E-state index contributed by atoms with van der Waals surface area (Å²) in [5, 5.41) is 0. The first-order valence-corrected chi connectivity index (χ1v) is 6.23. The van der Waals surface area contributed by atoms with Crippen molar-refractivity contribution in [1.29, 1.82) is 0 Å². The number of ketones is 1. The number of hydrogen-bond acceptors (Lipinski definition) is 3. The van der Waals surface area contributed by atoms with Crippen LogP contribution < -0.4 is 0 Å². The fourth-order valence-electron chi connectivity index (χ4n) is 1.73. The molecule has 3 heteroatoms. The molecule has 0 aromatic carbocycles. The lowest BCUT2D eigenvalue weighted by atomic mass is 10.0. The lowest BCUT2D eigenvalue weighted by molar-refractivity contribution is -0.147. The monoisotopic (exact) mass is 228 g/mol. The Balaban J connectivity index is 3.73. The van der Waals surface area contributed by atoms with Crippen molar-refractivity contribution < 1.29 is 14.3 Å². The third kappa shape index (κ3) is 9.69. The fourth-order valence-corrected chi connectivity index (χ4v) is 1.73.